The van der Waals surface area contributed by atoms with E-state index in [1.54, 1.807) is 60.7 Å². The number of fused-ring (bicyclic) bond motifs is 2. The molecule has 0 unspecified atom stereocenters. The van der Waals surface area contributed by atoms with Crippen LogP contribution < -0.4 is 15.0 Å². The minimum absolute atomic E-state index is 0.220. The summed E-state index contributed by atoms with van der Waals surface area (Å²) in [5.41, 5.74) is 1.32. The lowest BCUT2D eigenvalue weighted by atomic mass is 10.2. The monoisotopic (exact) mass is 657 g/mol. The van der Waals surface area contributed by atoms with Gasteiger partial charge in [-0.3, -0.25) is 4.79 Å². The molecule has 0 fully saturated rings. The summed E-state index contributed by atoms with van der Waals surface area (Å²) in [6, 6.07) is 17.4. The molecule has 39 heavy (non-hydrogen) atoms. The first-order valence-corrected chi connectivity index (χ1v) is 13.3. The Hall–Kier alpha value is -3.90. The van der Waals surface area contributed by atoms with Crippen LogP contribution in [-0.4, -0.2) is 39.7 Å². The summed E-state index contributed by atoms with van der Waals surface area (Å²) < 4.78 is 19.2. The van der Waals surface area contributed by atoms with Crippen molar-refractivity contribution < 1.29 is 23.8 Å². The third-order valence-electron chi connectivity index (χ3n) is 5.75. The summed E-state index contributed by atoms with van der Waals surface area (Å²) >= 11 is 8.18. The zero-order chi connectivity index (χ0) is 27.7. The molecular formula is C28H21ClIN3O6. The van der Waals surface area contributed by atoms with Gasteiger partial charge in [-0.15, -0.1) is 0 Å². The smallest absolute Gasteiger partial charge is 0.344 e. The van der Waals surface area contributed by atoms with Gasteiger partial charge in [0.05, 0.1) is 27.3 Å². The minimum Gasteiger partial charge on any atom is -0.490 e. The number of carboxylic acids is 1. The summed E-state index contributed by atoms with van der Waals surface area (Å²) in [7, 11) is 0. The van der Waals surface area contributed by atoms with Gasteiger partial charge in [-0.1, -0.05) is 23.7 Å². The van der Waals surface area contributed by atoms with E-state index in [9.17, 15) is 14.7 Å². The normalized spacial score (nSPS) is 12.3. The van der Waals surface area contributed by atoms with Gasteiger partial charge in [0, 0.05) is 10.4 Å². The van der Waals surface area contributed by atoms with E-state index in [2.05, 4.69) is 10.1 Å². The highest BCUT2D eigenvalue weighted by Crippen LogP contribution is 2.35. The maximum atomic E-state index is 13.5. The van der Waals surface area contributed by atoms with E-state index >= 15 is 0 Å². The van der Waals surface area contributed by atoms with E-state index < -0.39 is 12.1 Å². The number of carbonyl (C=O) groups is 1. The SMILES string of the molecule is CCOc1cc(C=Nn2c(-c3cc4cc(Cl)ccc4o3)nc3ccccc3c2=O)cc(I)c1O[C@@H](C)C(=O)O. The molecule has 5 aromatic rings. The average Bonchev–Trinajstić information content (AvgIpc) is 3.33. The van der Waals surface area contributed by atoms with Gasteiger partial charge in [0.1, 0.15) is 5.58 Å². The van der Waals surface area contributed by atoms with E-state index in [-0.39, 0.29) is 11.4 Å². The lowest BCUT2D eigenvalue weighted by Gasteiger charge is -2.17. The topological polar surface area (TPSA) is 116 Å². The molecule has 0 aliphatic rings. The van der Waals surface area contributed by atoms with Crippen molar-refractivity contribution in [3.05, 3.63) is 85.2 Å². The molecule has 0 amide bonds. The first kappa shape index (κ1) is 26.7. The first-order valence-electron chi connectivity index (χ1n) is 11.9. The molecule has 11 heteroatoms. The number of nitrogens with zero attached hydrogens (tertiary/aromatic N) is 3. The molecule has 0 bridgehead atoms. The molecule has 0 aliphatic carbocycles. The van der Waals surface area contributed by atoms with Crippen LogP contribution in [0.2, 0.25) is 5.02 Å². The standard InChI is InChI=1S/C28H21ClIN3O6/c1-3-37-23-11-16(10-20(30)25(23)38-15(2)28(35)36)14-31-33-26(32-21-7-5-4-6-19(21)27(33)34)24-13-17-12-18(29)8-9-22(17)39-24/h4-15H,3H2,1-2H3,(H,35,36)/t15-/m0/s1. The molecule has 0 saturated heterocycles. The fourth-order valence-electron chi connectivity index (χ4n) is 3.91. The highest BCUT2D eigenvalue weighted by Gasteiger charge is 2.20. The number of furan rings is 1. The lowest BCUT2D eigenvalue weighted by molar-refractivity contribution is -0.144. The maximum absolute atomic E-state index is 13.5. The van der Waals surface area contributed by atoms with Crippen molar-refractivity contribution in [3.63, 3.8) is 0 Å². The number of aliphatic carboxylic acids is 1. The van der Waals surface area contributed by atoms with Crippen LogP contribution in [0, 0.1) is 3.57 Å². The van der Waals surface area contributed by atoms with Crippen LogP contribution in [0.25, 0.3) is 33.5 Å². The van der Waals surface area contributed by atoms with E-state index in [0.717, 1.165) is 5.39 Å². The fourth-order valence-corrected chi connectivity index (χ4v) is 4.84. The largest absolute Gasteiger partial charge is 0.490 e. The second kappa shape index (κ2) is 11.1. The molecule has 198 valence electrons. The Morgan fingerprint density at radius 2 is 2.03 bits per heavy atom. The maximum Gasteiger partial charge on any atom is 0.344 e. The third kappa shape index (κ3) is 5.48. The van der Waals surface area contributed by atoms with Crippen molar-refractivity contribution >= 4 is 68.2 Å². The molecule has 2 aromatic heterocycles. The van der Waals surface area contributed by atoms with Gasteiger partial charge < -0.3 is 19.0 Å². The summed E-state index contributed by atoms with van der Waals surface area (Å²) in [4.78, 5) is 29.5. The van der Waals surface area contributed by atoms with Crippen LogP contribution >= 0.6 is 34.2 Å². The number of hydrogen-bond acceptors (Lipinski definition) is 7. The fraction of sp³-hybridized carbons (Fsp3) is 0.143. The summed E-state index contributed by atoms with van der Waals surface area (Å²) in [5, 5.41) is 15.5. The van der Waals surface area contributed by atoms with Crippen molar-refractivity contribution in [2.75, 3.05) is 6.61 Å². The Labute approximate surface area is 240 Å². The second-order valence-corrected chi connectivity index (χ2v) is 10.1. The molecule has 2 heterocycles. The molecule has 0 spiro atoms. The first-order chi connectivity index (χ1) is 18.7. The van der Waals surface area contributed by atoms with Crippen LogP contribution in [0.5, 0.6) is 11.5 Å². The predicted octanol–water partition coefficient (Wildman–Crippen LogP) is 6.20. The van der Waals surface area contributed by atoms with Gasteiger partial charge in [0.25, 0.3) is 5.56 Å². The van der Waals surface area contributed by atoms with Crippen molar-refractivity contribution in [2.24, 2.45) is 5.10 Å². The Morgan fingerprint density at radius 1 is 1.23 bits per heavy atom. The number of aromatic nitrogens is 2. The number of para-hydroxylation sites is 1. The average molecular weight is 658 g/mol. The van der Waals surface area contributed by atoms with E-state index in [1.807, 2.05) is 29.5 Å². The van der Waals surface area contributed by atoms with Crippen LogP contribution in [0.15, 0.2) is 75.0 Å². The Balaban J connectivity index is 1.63. The van der Waals surface area contributed by atoms with Crippen molar-refractivity contribution in [3.8, 4) is 23.1 Å². The number of carboxylic acid groups (broad SMARTS) is 1. The zero-order valence-corrected chi connectivity index (χ0v) is 23.6. The number of benzene rings is 3. The van der Waals surface area contributed by atoms with Gasteiger partial charge in [0.15, 0.2) is 23.4 Å². The highest BCUT2D eigenvalue weighted by atomic mass is 127. The van der Waals surface area contributed by atoms with Gasteiger partial charge in [-0.25, -0.2) is 9.78 Å². The van der Waals surface area contributed by atoms with E-state index in [0.29, 0.717) is 54.5 Å². The Morgan fingerprint density at radius 3 is 2.79 bits per heavy atom. The Bertz CT molecular complexity index is 1810. The van der Waals surface area contributed by atoms with E-state index in [4.69, 9.17) is 25.5 Å². The molecular weight excluding hydrogens is 637 g/mol. The number of halogens is 2. The number of hydrogen-bond donors (Lipinski definition) is 1. The van der Waals surface area contributed by atoms with Gasteiger partial charge >= 0.3 is 5.97 Å². The summed E-state index contributed by atoms with van der Waals surface area (Å²) in [6.07, 6.45) is 0.427. The minimum atomic E-state index is -1.09. The molecule has 1 N–H and O–H groups in total. The molecule has 9 nitrogen and oxygen atoms in total. The quantitative estimate of drug-likeness (QED) is 0.156. The van der Waals surface area contributed by atoms with Gasteiger partial charge in [-0.2, -0.15) is 9.78 Å². The van der Waals surface area contributed by atoms with Crippen molar-refractivity contribution in [1.82, 2.24) is 9.66 Å². The molecule has 5 rings (SSSR count). The van der Waals surface area contributed by atoms with Crippen LogP contribution in [0.4, 0.5) is 0 Å². The highest BCUT2D eigenvalue weighted by molar-refractivity contribution is 14.1. The van der Waals surface area contributed by atoms with Crippen LogP contribution in [0.3, 0.4) is 0 Å². The zero-order valence-electron chi connectivity index (χ0n) is 20.7. The van der Waals surface area contributed by atoms with Crippen molar-refractivity contribution in [2.45, 2.75) is 20.0 Å². The van der Waals surface area contributed by atoms with E-state index in [1.165, 1.54) is 17.8 Å². The molecule has 3 aromatic carbocycles. The van der Waals surface area contributed by atoms with Crippen molar-refractivity contribution in [1.29, 1.82) is 0 Å². The van der Waals surface area contributed by atoms with Crippen LogP contribution in [0.1, 0.15) is 19.4 Å². The predicted molar refractivity (Wildman–Crippen MR) is 157 cm³/mol. The molecule has 1 atom stereocenters. The van der Waals surface area contributed by atoms with Gasteiger partial charge in [-0.05, 0) is 90.5 Å². The second-order valence-electron chi connectivity index (χ2n) is 8.47. The number of rotatable bonds is 8. The third-order valence-corrected chi connectivity index (χ3v) is 6.79. The Kier molecular flexibility index (Phi) is 7.58. The number of ether oxygens (including phenoxy) is 2. The molecule has 0 saturated carbocycles. The lowest BCUT2D eigenvalue weighted by Crippen LogP contribution is -2.23. The van der Waals surface area contributed by atoms with Gasteiger partial charge in [0.2, 0.25) is 5.82 Å². The van der Waals surface area contributed by atoms with Crippen LogP contribution in [-0.2, 0) is 4.79 Å². The molecule has 0 aliphatic heterocycles. The summed E-state index contributed by atoms with van der Waals surface area (Å²) in [6.45, 7) is 3.59. The molecule has 0 radical (unpaired) electrons. The summed E-state index contributed by atoms with van der Waals surface area (Å²) in [5.74, 6) is 0.149.